The molecule has 0 bridgehead atoms. The Balaban J connectivity index is 2.58. The minimum Gasteiger partial charge on any atom is -0.329 e. The van der Waals surface area contributed by atoms with E-state index in [1.165, 1.54) is 5.56 Å². The normalized spacial score (nSPS) is 12.1. The van der Waals surface area contributed by atoms with Gasteiger partial charge in [0.25, 0.3) is 0 Å². The summed E-state index contributed by atoms with van der Waals surface area (Å²) in [5, 5.41) is 0. The van der Waals surface area contributed by atoms with E-state index >= 15 is 0 Å². The van der Waals surface area contributed by atoms with Crippen LogP contribution in [0.2, 0.25) is 0 Å². The molecule has 0 aliphatic heterocycles. The summed E-state index contributed by atoms with van der Waals surface area (Å²) in [5.41, 5.74) is 7.41. The summed E-state index contributed by atoms with van der Waals surface area (Å²) in [7, 11) is -3.02. The van der Waals surface area contributed by atoms with Crippen LogP contribution in [0.1, 0.15) is 11.1 Å². The Bertz CT molecular complexity index is 446. The van der Waals surface area contributed by atoms with Gasteiger partial charge in [-0.15, -0.1) is 0 Å². The van der Waals surface area contributed by atoms with E-state index in [-0.39, 0.29) is 18.1 Å². The topological polar surface area (TPSA) is 60.2 Å². The van der Waals surface area contributed by atoms with Crippen molar-refractivity contribution in [2.24, 2.45) is 5.73 Å². The van der Waals surface area contributed by atoms with Crippen molar-refractivity contribution in [2.45, 2.75) is 6.92 Å². The van der Waals surface area contributed by atoms with Crippen LogP contribution in [0.4, 0.5) is 0 Å². The van der Waals surface area contributed by atoms with Crippen molar-refractivity contribution >= 4 is 15.9 Å². The number of sulfone groups is 1. The fourth-order valence-electron chi connectivity index (χ4n) is 1.27. The Hall–Kier alpha value is -1.13. The summed E-state index contributed by atoms with van der Waals surface area (Å²) in [6.07, 6.45) is 3.48. The van der Waals surface area contributed by atoms with Gasteiger partial charge in [-0.1, -0.05) is 42.0 Å². The van der Waals surface area contributed by atoms with E-state index in [0.717, 1.165) is 5.56 Å². The highest BCUT2D eigenvalue weighted by Crippen LogP contribution is 2.05. The average Bonchev–Trinajstić information content (AvgIpc) is 2.20. The van der Waals surface area contributed by atoms with Gasteiger partial charge in [0.05, 0.1) is 11.5 Å². The smallest absolute Gasteiger partial charge is 0.155 e. The van der Waals surface area contributed by atoms with Gasteiger partial charge in [0.2, 0.25) is 0 Å². The number of benzene rings is 1. The minimum absolute atomic E-state index is 0.0469. The summed E-state index contributed by atoms with van der Waals surface area (Å²) in [4.78, 5) is 0. The molecule has 1 rings (SSSR count). The lowest BCUT2D eigenvalue weighted by Gasteiger charge is -1.98. The van der Waals surface area contributed by atoms with Gasteiger partial charge in [0.1, 0.15) is 0 Å². The van der Waals surface area contributed by atoms with Gasteiger partial charge in [0.15, 0.2) is 9.84 Å². The number of nitrogens with two attached hydrogens (primary N) is 1. The van der Waals surface area contributed by atoms with E-state index < -0.39 is 9.84 Å². The fraction of sp³-hybridized carbons (Fsp3) is 0.333. The molecule has 0 saturated carbocycles. The molecule has 3 nitrogen and oxygen atoms in total. The highest BCUT2D eigenvalue weighted by Gasteiger charge is 2.05. The quantitative estimate of drug-likeness (QED) is 0.844. The van der Waals surface area contributed by atoms with Crippen LogP contribution in [0.25, 0.3) is 6.08 Å². The lowest BCUT2D eigenvalue weighted by Crippen LogP contribution is -2.17. The van der Waals surface area contributed by atoms with E-state index in [9.17, 15) is 8.42 Å². The van der Waals surface area contributed by atoms with Crippen LogP contribution in [-0.4, -0.2) is 26.5 Å². The molecule has 0 radical (unpaired) electrons. The zero-order valence-electron chi connectivity index (χ0n) is 9.39. The molecular weight excluding hydrogens is 222 g/mol. The third-order valence-corrected chi connectivity index (χ3v) is 3.72. The molecule has 1 aromatic carbocycles. The van der Waals surface area contributed by atoms with Crippen molar-refractivity contribution in [3.63, 3.8) is 0 Å². The fourth-order valence-corrected chi connectivity index (χ4v) is 2.19. The van der Waals surface area contributed by atoms with E-state index in [4.69, 9.17) is 5.73 Å². The first-order chi connectivity index (χ1) is 7.53. The lowest BCUT2D eigenvalue weighted by atomic mass is 10.1. The molecule has 0 unspecified atom stereocenters. The van der Waals surface area contributed by atoms with Crippen molar-refractivity contribution in [3.8, 4) is 0 Å². The van der Waals surface area contributed by atoms with Gasteiger partial charge in [-0.05, 0) is 12.5 Å². The molecular formula is C12H17NO2S. The standard InChI is InChI=1S/C12H17NO2S/c1-11-4-6-12(7-5-11)3-2-9-16(14,15)10-8-13/h2-7H,8-10,13H2,1H3/b3-2+. The van der Waals surface area contributed by atoms with Crippen molar-refractivity contribution < 1.29 is 8.42 Å². The van der Waals surface area contributed by atoms with Gasteiger partial charge >= 0.3 is 0 Å². The van der Waals surface area contributed by atoms with E-state index in [0.29, 0.717) is 0 Å². The maximum atomic E-state index is 11.3. The van der Waals surface area contributed by atoms with Gasteiger partial charge in [-0.25, -0.2) is 8.42 Å². The van der Waals surface area contributed by atoms with E-state index in [1.807, 2.05) is 37.3 Å². The highest BCUT2D eigenvalue weighted by molar-refractivity contribution is 7.91. The van der Waals surface area contributed by atoms with Crippen LogP contribution in [0.5, 0.6) is 0 Å². The first-order valence-corrected chi connectivity index (χ1v) is 6.99. The first-order valence-electron chi connectivity index (χ1n) is 5.17. The second kappa shape index (κ2) is 5.82. The largest absolute Gasteiger partial charge is 0.329 e. The van der Waals surface area contributed by atoms with Crippen LogP contribution in [0.15, 0.2) is 30.3 Å². The zero-order chi connectivity index (χ0) is 12.0. The third-order valence-electron chi connectivity index (χ3n) is 2.17. The van der Waals surface area contributed by atoms with Crippen molar-refractivity contribution in [2.75, 3.05) is 18.1 Å². The van der Waals surface area contributed by atoms with Gasteiger partial charge < -0.3 is 5.73 Å². The Morgan fingerprint density at radius 3 is 2.44 bits per heavy atom. The second-order valence-electron chi connectivity index (χ2n) is 3.72. The monoisotopic (exact) mass is 239 g/mol. The highest BCUT2D eigenvalue weighted by atomic mass is 32.2. The Labute approximate surface area is 96.9 Å². The molecule has 0 heterocycles. The molecule has 0 aromatic heterocycles. The summed E-state index contributed by atoms with van der Waals surface area (Å²) < 4.78 is 22.7. The van der Waals surface area contributed by atoms with Crippen LogP contribution >= 0.6 is 0 Å². The zero-order valence-corrected chi connectivity index (χ0v) is 10.2. The molecule has 0 saturated heterocycles. The Kier molecular flexibility index (Phi) is 4.71. The summed E-state index contributed by atoms with van der Waals surface area (Å²) >= 11 is 0. The number of hydrogen-bond acceptors (Lipinski definition) is 3. The molecule has 0 amide bonds. The van der Waals surface area contributed by atoms with Crippen molar-refractivity contribution in [1.29, 1.82) is 0 Å². The summed E-state index contributed by atoms with van der Waals surface area (Å²) in [6.45, 7) is 2.19. The molecule has 1 aromatic rings. The van der Waals surface area contributed by atoms with Crippen LogP contribution in [0.3, 0.4) is 0 Å². The summed E-state index contributed by atoms with van der Waals surface area (Å²) in [6, 6.07) is 7.91. The predicted molar refractivity (Wildman–Crippen MR) is 67.9 cm³/mol. The number of rotatable bonds is 5. The molecule has 0 atom stereocenters. The van der Waals surface area contributed by atoms with Gasteiger partial charge in [-0.3, -0.25) is 0 Å². The maximum absolute atomic E-state index is 11.3. The molecule has 0 spiro atoms. The van der Waals surface area contributed by atoms with Crippen LogP contribution in [-0.2, 0) is 9.84 Å². The predicted octanol–water partition coefficient (Wildman–Crippen LogP) is 1.38. The lowest BCUT2D eigenvalue weighted by molar-refractivity contribution is 0.599. The van der Waals surface area contributed by atoms with Crippen LogP contribution in [0, 0.1) is 6.92 Å². The second-order valence-corrected chi connectivity index (χ2v) is 5.94. The summed E-state index contributed by atoms with van der Waals surface area (Å²) in [5.74, 6) is 0.101. The molecule has 88 valence electrons. The molecule has 0 aliphatic carbocycles. The van der Waals surface area contributed by atoms with Gasteiger partial charge in [-0.2, -0.15) is 0 Å². The molecule has 4 heteroatoms. The molecule has 16 heavy (non-hydrogen) atoms. The maximum Gasteiger partial charge on any atom is 0.155 e. The minimum atomic E-state index is -3.02. The SMILES string of the molecule is Cc1ccc(/C=C/CS(=O)(=O)CCN)cc1. The van der Waals surface area contributed by atoms with E-state index in [1.54, 1.807) is 6.08 Å². The van der Waals surface area contributed by atoms with Crippen molar-refractivity contribution in [3.05, 3.63) is 41.5 Å². The Morgan fingerprint density at radius 1 is 1.25 bits per heavy atom. The molecule has 0 aliphatic rings. The van der Waals surface area contributed by atoms with Crippen molar-refractivity contribution in [1.82, 2.24) is 0 Å². The molecule has 0 fully saturated rings. The number of hydrogen-bond donors (Lipinski definition) is 1. The Morgan fingerprint density at radius 2 is 1.88 bits per heavy atom. The first kappa shape index (κ1) is 12.9. The average molecular weight is 239 g/mol. The number of aryl methyl sites for hydroxylation is 1. The van der Waals surface area contributed by atoms with E-state index in [2.05, 4.69) is 0 Å². The van der Waals surface area contributed by atoms with Gasteiger partial charge in [0, 0.05) is 6.54 Å². The third kappa shape index (κ3) is 4.59. The molecule has 2 N–H and O–H groups in total. The van der Waals surface area contributed by atoms with Crippen LogP contribution < -0.4 is 5.73 Å².